The Morgan fingerprint density at radius 1 is 0.950 bits per heavy atom. The lowest BCUT2D eigenvalue weighted by molar-refractivity contribution is 0.191. The van der Waals surface area contributed by atoms with Gasteiger partial charge in [0.25, 0.3) is 0 Å². The van der Waals surface area contributed by atoms with E-state index in [4.69, 9.17) is 0 Å². The first-order valence-corrected chi connectivity index (χ1v) is 6.51. The number of aromatic nitrogens is 2. The number of hydrogen-bond donors (Lipinski definition) is 2. The summed E-state index contributed by atoms with van der Waals surface area (Å²) in [5.74, 6) is 0.665. The van der Waals surface area contributed by atoms with Crippen LogP contribution in [0, 0.1) is 0 Å². The summed E-state index contributed by atoms with van der Waals surface area (Å²) >= 11 is 0. The van der Waals surface area contributed by atoms with E-state index in [1.807, 2.05) is 54.6 Å². The summed E-state index contributed by atoms with van der Waals surface area (Å²) in [5.41, 5.74) is 2.59. The third-order valence-corrected chi connectivity index (χ3v) is 3.11. The van der Waals surface area contributed by atoms with Crippen molar-refractivity contribution in [2.24, 2.45) is 0 Å². The number of hydrogen-bond acceptors (Lipinski definition) is 4. The van der Waals surface area contributed by atoms with Gasteiger partial charge in [0.2, 0.25) is 0 Å². The van der Waals surface area contributed by atoms with E-state index < -0.39 is 6.10 Å². The second-order valence-corrected chi connectivity index (χ2v) is 4.55. The number of anilines is 1. The van der Waals surface area contributed by atoms with Crippen LogP contribution < -0.4 is 5.32 Å². The molecule has 3 rings (SSSR count). The van der Waals surface area contributed by atoms with Crippen LogP contribution in [0.25, 0.3) is 11.0 Å². The van der Waals surface area contributed by atoms with Gasteiger partial charge in [-0.05, 0) is 17.7 Å². The highest BCUT2D eigenvalue weighted by Crippen LogP contribution is 2.15. The molecule has 4 nitrogen and oxygen atoms in total. The van der Waals surface area contributed by atoms with Crippen LogP contribution >= 0.6 is 0 Å². The highest BCUT2D eigenvalue weighted by Gasteiger charge is 2.07. The van der Waals surface area contributed by atoms with E-state index in [1.165, 1.54) is 0 Å². The molecule has 0 saturated carbocycles. The largest absolute Gasteiger partial charge is 0.387 e. The molecule has 0 bridgehead atoms. The van der Waals surface area contributed by atoms with Crippen LogP contribution in [0.4, 0.5) is 5.82 Å². The first-order valence-electron chi connectivity index (χ1n) is 6.51. The van der Waals surface area contributed by atoms with E-state index in [9.17, 15) is 5.11 Å². The maximum absolute atomic E-state index is 10.1. The third-order valence-electron chi connectivity index (χ3n) is 3.11. The Bertz CT molecular complexity index is 700. The number of fused-ring (bicyclic) bond motifs is 1. The lowest BCUT2D eigenvalue weighted by Gasteiger charge is -2.12. The van der Waals surface area contributed by atoms with Gasteiger partial charge in [0.1, 0.15) is 5.82 Å². The second-order valence-electron chi connectivity index (χ2n) is 4.55. The molecule has 1 unspecified atom stereocenters. The molecule has 0 radical (unpaired) electrons. The maximum Gasteiger partial charge on any atom is 0.145 e. The van der Waals surface area contributed by atoms with Gasteiger partial charge in [0.05, 0.1) is 23.3 Å². The Hall–Kier alpha value is -2.46. The molecule has 2 N–H and O–H groups in total. The van der Waals surface area contributed by atoms with Crippen LogP contribution in [0.5, 0.6) is 0 Å². The summed E-state index contributed by atoms with van der Waals surface area (Å²) < 4.78 is 0. The van der Waals surface area contributed by atoms with Gasteiger partial charge in [-0.3, -0.25) is 4.98 Å². The minimum Gasteiger partial charge on any atom is -0.387 e. The van der Waals surface area contributed by atoms with Crippen LogP contribution in [0.2, 0.25) is 0 Å². The molecule has 1 heterocycles. The highest BCUT2D eigenvalue weighted by molar-refractivity contribution is 5.75. The first kappa shape index (κ1) is 12.6. The number of rotatable bonds is 4. The van der Waals surface area contributed by atoms with Crippen molar-refractivity contribution in [1.82, 2.24) is 9.97 Å². The van der Waals surface area contributed by atoms with Crippen molar-refractivity contribution >= 4 is 16.9 Å². The molecule has 100 valence electrons. The molecule has 0 amide bonds. The molecule has 0 aliphatic carbocycles. The number of nitrogens with zero attached hydrogens (tertiary/aromatic N) is 2. The zero-order chi connectivity index (χ0) is 13.8. The van der Waals surface area contributed by atoms with Crippen molar-refractivity contribution in [3.8, 4) is 0 Å². The Labute approximate surface area is 117 Å². The van der Waals surface area contributed by atoms with E-state index in [0.29, 0.717) is 12.4 Å². The second kappa shape index (κ2) is 5.67. The van der Waals surface area contributed by atoms with Crippen molar-refractivity contribution in [2.75, 3.05) is 11.9 Å². The quantitative estimate of drug-likeness (QED) is 0.761. The number of nitrogens with one attached hydrogen (secondary N) is 1. The molecule has 2 aromatic carbocycles. The van der Waals surface area contributed by atoms with Gasteiger partial charge in [0.15, 0.2) is 0 Å². The van der Waals surface area contributed by atoms with Crippen LogP contribution in [-0.2, 0) is 0 Å². The Morgan fingerprint density at radius 3 is 2.45 bits per heavy atom. The predicted octanol–water partition coefficient (Wildman–Crippen LogP) is 2.78. The Balaban J connectivity index is 1.70. The van der Waals surface area contributed by atoms with Gasteiger partial charge in [0, 0.05) is 6.54 Å². The molecule has 0 aliphatic rings. The first-order chi connectivity index (χ1) is 9.83. The van der Waals surface area contributed by atoms with Crippen molar-refractivity contribution in [3.63, 3.8) is 0 Å². The van der Waals surface area contributed by atoms with Gasteiger partial charge in [-0.2, -0.15) is 0 Å². The Morgan fingerprint density at radius 2 is 1.65 bits per heavy atom. The smallest absolute Gasteiger partial charge is 0.145 e. The summed E-state index contributed by atoms with van der Waals surface area (Å²) in [6.07, 6.45) is 1.12. The van der Waals surface area contributed by atoms with Gasteiger partial charge < -0.3 is 10.4 Å². The lowest BCUT2D eigenvalue weighted by Crippen LogP contribution is -2.13. The molecule has 1 atom stereocenters. The van der Waals surface area contributed by atoms with Gasteiger partial charge in [-0.1, -0.05) is 42.5 Å². The van der Waals surface area contributed by atoms with Gasteiger partial charge in [-0.15, -0.1) is 0 Å². The topological polar surface area (TPSA) is 58.0 Å². The zero-order valence-corrected chi connectivity index (χ0v) is 10.9. The zero-order valence-electron chi connectivity index (χ0n) is 10.9. The average molecular weight is 265 g/mol. The van der Waals surface area contributed by atoms with Crippen LogP contribution in [-0.4, -0.2) is 21.6 Å². The molecule has 0 saturated heterocycles. The summed E-state index contributed by atoms with van der Waals surface area (Å²) in [7, 11) is 0. The average Bonchev–Trinajstić information content (AvgIpc) is 2.53. The Kier molecular flexibility index (Phi) is 3.56. The molecular weight excluding hydrogens is 250 g/mol. The summed E-state index contributed by atoms with van der Waals surface area (Å²) in [4.78, 5) is 8.78. The van der Waals surface area contributed by atoms with Gasteiger partial charge >= 0.3 is 0 Å². The highest BCUT2D eigenvalue weighted by atomic mass is 16.3. The molecule has 4 heteroatoms. The lowest BCUT2D eigenvalue weighted by atomic mass is 10.1. The molecule has 1 aromatic heterocycles. The van der Waals surface area contributed by atoms with Crippen molar-refractivity contribution in [2.45, 2.75) is 6.10 Å². The third kappa shape index (κ3) is 2.75. The van der Waals surface area contributed by atoms with Crippen molar-refractivity contribution < 1.29 is 5.11 Å². The van der Waals surface area contributed by atoms with Crippen LogP contribution in [0.3, 0.4) is 0 Å². The molecular formula is C16H15N3O. The molecule has 0 spiro atoms. The monoisotopic (exact) mass is 265 g/mol. The van der Waals surface area contributed by atoms with E-state index >= 15 is 0 Å². The molecule has 0 fully saturated rings. The van der Waals surface area contributed by atoms with E-state index in [0.717, 1.165) is 16.6 Å². The normalized spacial score (nSPS) is 12.2. The minimum atomic E-state index is -0.565. The summed E-state index contributed by atoms with van der Waals surface area (Å²) in [6.45, 7) is 0.400. The van der Waals surface area contributed by atoms with Crippen LogP contribution in [0.1, 0.15) is 11.7 Å². The standard InChI is InChI=1S/C16H15N3O/c20-15(12-6-2-1-3-7-12)10-18-16-11-17-13-8-4-5-9-14(13)19-16/h1-9,11,15,20H,10H2,(H,18,19). The van der Waals surface area contributed by atoms with Crippen molar-refractivity contribution in [1.29, 1.82) is 0 Å². The maximum atomic E-state index is 10.1. The van der Waals surface area contributed by atoms with Gasteiger partial charge in [-0.25, -0.2) is 4.98 Å². The van der Waals surface area contributed by atoms with Crippen molar-refractivity contribution in [3.05, 3.63) is 66.4 Å². The number of aliphatic hydroxyl groups excluding tert-OH is 1. The van der Waals surface area contributed by atoms with E-state index in [2.05, 4.69) is 15.3 Å². The summed E-state index contributed by atoms with van der Waals surface area (Å²) in [5, 5.41) is 13.2. The number of benzene rings is 2. The minimum absolute atomic E-state index is 0.400. The number of para-hydroxylation sites is 2. The number of aliphatic hydroxyl groups is 1. The SMILES string of the molecule is OC(CNc1cnc2ccccc2n1)c1ccccc1. The molecule has 0 aliphatic heterocycles. The van der Waals surface area contributed by atoms with E-state index in [-0.39, 0.29) is 0 Å². The molecule has 3 aromatic rings. The summed E-state index contributed by atoms with van der Waals surface area (Å²) in [6, 6.07) is 17.3. The molecule has 20 heavy (non-hydrogen) atoms. The fourth-order valence-corrected chi connectivity index (χ4v) is 2.04. The fraction of sp³-hybridized carbons (Fsp3) is 0.125. The van der Waals surface area contributed by atoms with Crippen LogP contribution in [0.15, 0.2) is 60.8 Å². The van der Waals surface area contributed by atoms with E-state index in [1.54, 1.807) is 6.20 Å². The fourth-order valence-electron chi connectivity index (χ4n) is 2.04. The predicted molar refractivity (Wildman–Crippen MR) is 79.4 cm³/mol.